The van der Waals surface area contributed by atoms with E-state index in [-0.39, 0.29) is 23.4 Å². The Hall–Kier alpha value is -1.26. The van der Waals surface area contributed by atoms with Crippen LogP contribution in [0.5, 0.6) is 0 Å². The third kappa shape index (κ3) is 2.95. The Morgan fingerprint density at radius 2 is 1.64 bits per heavy atom. The predicted molar refractivity (Wildman–Crippen MR) is 89.2 cm³/mol. The van der Waals surface area contributed by atoms with E-state index in [1.54, 1.807) is 34.9 Å². The van der Waals surface area contributed by atoms with E-state index in [2.05, 4.69) is 0 Å². The second kappa shape index (κ2) is 5.74. The van der Waals surface area contributed by atoms with Crippen LogP contribution in [0.2, 0.25) is 10.0 Å². The molecule has 2 atom stereocenters. The summed E-state index contributed by atoms with van der Waals surface area (Å²) in [6, 6.07) is 4.49. The smallest absolute Gasteiger partial charge is 0.251 e. The van der Waals surface area contributed by atoms with E-state index < -0.39 is 6.04 Å². The number of amides is 2. The van der Waals surface area contributed by atoms with Crippen molar-refractivity contribution in [3.05, 3.63) is 28.2 Å². The molecule has 1 saturated heterocycles. The van der Waals surface area contributed by atoms with Gasteiger partial charge in [0.05, 0.1) is 0 Å². The zero-order valence-electron chi connectivity index (χ0n) is 13.4. The van der Waals surface area contributed by atoms with Crippen LogP contribution in [0, 0.1) is 5.41 Å². The van der Waals surface area contributed by atoms with Crippen molar-refractivity contribution in [3.8, 4) is 0 Å². The van der Waals surface area contributed by atoms with E-state index >= 15 is 0 Å². The van der Waals surface area contributed by atoms with Gasteiger partial charge in [-0.05, 0) is 25.1 Å². The van der Waals surface area contributed by atoms with Crippen LogP contribution in [0.1, 0.15) is 34.6 Å². The van der Waals surface area contributed by atoms with Gasteiger partial charge in [0.2, 0.25) is 5.91 Å². The molecule has 1 fully saturated rings. The normalized spacial score (nSPS) is 22.4. The molecule has 0 aromatic heterocycles. The minimum atomic E-state index is -0.514. The van der Waals surface area contributed by atoms with Gasteiger partial charge in [0.25, 0.3) is 5.91 Å². The topological polar surface area (TPSA) is 40.6 Å². The summed E-state index contributed by atoms with van der Waals surface area (Å²) in [5, 5.41) is 0.911. The molecule has 1 aliphatic rings. The third-order valence-electron chi connectivity index (χ3n) is 3.78. The van der Waals surface area contributed by atoms with E-state index in [9.17, 15) is 9.59 Å². The van der Waals surface area contributed by atoms with E-state index in [4.69, 9.17) is 23.2 Å². The Morgan fingerprint density at radius 1 is 1.14 bits per heavy atom. The Morgan fingerprint density at radius 3 is 2.05 bits per heavy atom. The SMILES string of the molecule is CC(=O)N1[C@H](C)C(=O)N(c2cc(Cl)cc(Cl)c2)[C@H]1C(C)(C)C. The molecule has 0 bridgehead atoms. The molecule has 1 aromatic carbocycles. The minimum Gasteiger partial charge on any atom is -0.310 e. The number of hydrogen-bond donors (Lipinski definition) is 0. The van der Waals surface area contributed by atoms with Crippen LogP contribution in [0.15, 0.2) is 18.2 Å². The monoisotopic (exact) mass is 342 g/mol. The fourth-order valence-electron chi connectivity index (χ4n) is 2.97. The molecule has 2 rings (SSSR count). The van der Waals surface area contributed by atoms with E-state index in [0.717, 1.165) is 0 Å². The lowest BCUT2D eigenvalue weighted by atomic mass is 9.90. The van der Waals surface area contributed by atoms with Gasteiger partial charge in [-0.25, -0.2) is 0 Å². The van der Waals surface area contributed by atoms with Crippen molar-refractivity contribution in [3.63, 3.8) is 0 Å². The maximum atomic E-state index is 12.7. The van der Waals surface area contributed by atoms with Gasteiger partial charge in [0.15, 0.2) is 0 Å². The average Bonchev–Trinajstić information content (AvgIpc) is 2.61. The van der Waals surface area contributed by atoms with E-state index in [1.807, 2.05) is 20.8 Å². The van der Waals surface area contributed by atoms with Gasteiger partial charge >= 0.3 is 0 Å². The average molecular weight is 343 g/mol. The van der Waals surface area contributed by atoms with Crippen molar-refractivity contribution in [2.45, 2.75) is 46.8 Å². The Balaban J connectivity index is 2.60. The number of halogens is 2. The molecule has 0 aliphatic carbocycles. The number of benzene rings is 1. The summed E-state index contributed by atoms with van der Waals surface area (Å²) >= 11 is 12.1. The third-order valence-corrected chi connectivity index (χ3v) is 4.22. The lowest BCUT2D eigenvalue weighted by molar-refractivity contribution is -0.135. The van der Waals surface area contributed by atoms with Crippen molar-refractivity contribution >= 4 is 40.7 Å². The molecule has 0 spiro atoms. The Bertz CT molecular complexity index is 605. The molecule has 0 saturated carbocycles. The molecule has 0 radical (unpaired) electrons. The van der Waals surface area contributed by atoms with E-state index in [0.29, 0.717) is 15.7 Å². The van der Waals surface area contributed by atoms with Gasteiger partial charge in [0, 0.05) is 28.1 Å². The van der Waals surface area contributed by atoms with Crippen molar-refractivity contribution in [2.24, 2.45) is 5.41 Å². The van der Waals surface area contributed by atoms with Crippen molar-refractivity contribution in [1.82, 2.24) is 4.90 Å². The number of carbonyl (C=O) groups is 2. The van der Waals surface area contributed by atoms with Gasteiger partial charge < -0.3 is 4.90 Å². The van der Waals surface area contributed by atoms with Crippen LogP contribution >= 0.6 is 23.2 Å². The summed E-state index contributed by atoms with van der Waals surface area (Å²) in [5.41, 5.74) is 0.291. The molecule has 1 aliphatic heterocycles. The number of rotatable bonds is 1. The highest BCUT2D eigenvalue weighted by molar-refractivity contribution is 6.35. The second-order valence-electron chi connectivity index (χ2n) is 6.68. The van der Waals surface area contributed by atoms with Crippen LogP contribution in [0.25, 0.3) is 0 Å². The maximum Gasteiger partial charge on any atom is 0.251 e. The zero-order valence-corrected chi connectivity index (χ0v) is 14.9. The largest absolute Gasteiger partial charge is 0.310 e. The van der Waals surface area contributed by atoms with Crippen molar-refractivity contribution < 1.29 is 9.59 Å². The molecule has 0 N–H and O–H groups in total. The summed E-state index contributed by atoms with van der Waals surface area (Å²) in [6.45, 7) is 9.22. The van der Waals surface area contributed by atoms with Crippen LogP contribution in [0.3, 0.4) is 0 Å². The molecular weight excluding hydrogens is 323 g/mol. The molecular formula is C16H20Cl2N2O2. The number of nitrogens with zero attached hydrogens (tertiary/aromatic N) is 2. The van der Waals surface area contributed by atoms with Gasteiger partial charge in [0.1, 0.15) is 12.2 Å². The molecule has 2 amide bonds. The second-order valence-corrected chi connectivity index (χ2v) is 7.55. The molecule has 1 heterocycles. The van der Waals surface area contributed by atoms with Gasteiger partial charge in [-0.15, -0.1) is 0 Å². The highest BCUT2D eigenvalue weighted by Gasteiger charge is 2.50. The highest BCUT2D eigenvalue weighted by atomic mass is 35.5. The van der Waals surface area contributed by atoms with Crippen LogP contribution in [-0.4, -0.2) is 28.9 Å². The number of carbonyl (C=O) groups excluding carboxylic acids is 2. The van der Waals surface area contributed by atoms with Crippen LogP contribution < -0.4 is 4.90 Å². The first-order valence-corrected chi connectivity index (χ1v) is 7.87. The molecule has 120 valence electrons. The summed E-state index contributed by atoms with van der Waals surface area (Å²) in [5.74, 6) is -0.259. The summed E-state index contributed by atoms with van der Waals surface area (Å²) < 4.78 is 0. The summed E-state index contributed by atoms with van der Waals surface area (Å²) in [6.07, 6.45) is -0.387. The lowest BCUT2D eigenvalue weighted by Crippen LogP contribution is -2.51. The van der Waals surface area contributed by atoms with Gasteiger partial charge in [-0.1, -0.05) is 44.0 Å². The Kier molecular flexibility index (Phi) is 4.46. The minimum absolute atomic E-state index is 0.128. The first-order valence-electron chi connectivity index (χ1n) is 7.12. The van der Waals surface area contributed by atoms with Gasteiger partial charge in [-0.3, -0.25) is 14.5 Å². The molecule has 4 nitrogen and oxygen atoms in total. The summed E-state index contributed by atoms with van der Waals surface area (Å²) in [4.78, 5) is 28.1. The quantitative estimate of drug-likeness (QED) is 0.775. The molecule has 1 aromatic rings. The van der Waals surface area contributed by atoms with E-state index in [1.165, 1.54) is 6.92 Å². The maximum absolute atomic E-state index is 12.7. The zero-order chi connectivity index (χ0) is 16.8. The highest BCUT2D eigenvalue weighted by Crippen LogP contribution is 2.39. The fourth-order valence-corrected chi connectivity index (χ4v) is 3.49. The lowest BCUT2D eigenvalue weighted by Gasteiger charge is -2.39. The van der Waals surface area contributed by atoms with Crippen molar-refractivity contribution in [1.29, 1.82) is 0 Å². The predicted octanol–water partition coefficient (Wildman–Crippen LogP) is 3.95. The summed E-state index contributed by atoms with van der Waals surface area (Å²) in [7, 11) is 0. The number of anilines is 1. The first kappa shape index (κ1) is 17.1. The van der Waals surface area contributed by atoms with Gasteiger partial charge in [-0.2, -0.15) is 0 Å². The van der Waals surface area contributed by atoms with Crippen LogP contribution in [-0.2, 0) is 9.59 Å². The standard InChI is InChI=1S/C16H20Cl2N2O2/c1-9-14(22)20(13-7-11(17)6-12(18)8-13)15(16(3,4)5)19(9)10(2)21/h6-9,15H,1-5H3/t9-,15+/m1/s1. The van der Waals surface area contributed by atoms with Crippen LogP contribution in [0.4, 0.5) is 5.69 Å². The number of hydrogen-bond acceptors (Lipinski definition) is 2. The Labute approximate surface area is 141 Å². The molecule has 6 heteroatoms. The fraction of sp³-hybridized carbons (Fsp3) is 0.500. The van der Waals surface area contributed by atoms with Crippen molar-refractivity contribution in [2.75, 3.05) is 4.90 Å². The molecule has 22 heavy (non-hydrogen) atoms. The first-order chi connectivity index (χ1) is 10.0. The molecule has 0 unspecified atom stereocenters.